The molecule has 2 aromatic heterocycles. The van der Waals surface area contributed by atoms with Crippen molar-refractivity contribution in [2.24, 2.45) is 13.0 Å². The van der Waals surface area contributed by atoms with Crippen LogP contribution < -0.4 is 10.2 Å². The van der Waals surface area contributed by atoms with Crippen molar-refractivity contribution in [2.45, 2.75) is 33.1 Å². The van der Waals surface area contributed by atoms with Crippen molar-refractivity contribution in [3.8, 4) is 0 Å². The van der Waals surface area contributed by atoms with Crippen LogP contribution in [0.5, 0.6) is 0 Å². The van der Waals surface area contributed by atoms with Gasteiger partial charge in [-0.05, 0) is 26.2 Å². The van der Waals surface area contributed by atoms with Gasteiger partial charge in [0.15, 0.2) is 5.82 Å². The van der Waals surface area contributed by atoms with E-state index in [1.807, 2.05) is 11.8 Å². The van der Waals surface area contributed by atoms with Gasteiger partial charge in [0, 0.05) is 32.1 Å². The van der Waals surface area contributed by atoms with Crippen LogP contribution in [0.4, 0.5) is 17.3 Å². The van der Waals surface area contributed by atoms with Crippen molar-refractivity contribution < 1.29 is 14.2 Å². The first kappa shape index (κ1) is 17.9. The number of carbonyl (C=O) groups is 1. The Morgan fingerprint density at radius 1 is 1.46 bits per heavy atom. The van der Waals surface area contributed by atoms with Crippen LogP contribution in [0.3, 0.4) is 0 Å². The van der Waals surface area contributed by atoms with Crippen molar-refractivity contribution >= 4 is 23.2 Å². The Morgan fingerprint density at radius 2 is 2.15 bits per heavy atom. The molecule has 1 aliphatic rings. The second-order valence-electron chi connectivity index (χ2n) is 6.43. The SMILES string of the molecule is CCc1nn(C)c(N2CCC(C(=O)Nc3cc(C)on3)CC2)c1[N+](=O)[O-]. The minimum absolute atomic E-state index is 0.0657. The van der Waals surface area contributed by atoms with E-state index < -0.39 is 0 Å². The highest BCUT2D eigenvalue weighted by Gasteiger charge is 2.33. The molecule has 3 rings (SSSR count). The highest BCUT2D eigenvalue weighted by Crippen LogP contribution is 2.34. The first-order chi connectivity index (χ1) is 12.4. The van der Waals surface area contributed by atoms with Gasteiger partial charge in [-0.1, -0.05) is 12.1 Å². The van der Waals surface area contributed by atoms with Crippen molar-refractivity contribution in [1.29, 1.82) is 0 Å². The average Bonchev–Trinajstić information content (AvgIpc) is 3.17. The lowest BCUT2D eigenvalue weighted by Crippen LogP contribution is -2.39. The lowest BCUT2D eigenvalue weighted by molar-refractivity contribution is -0.384. The summed E-state index contributed by atoms with van der Waals surface area (Å²) < 4.78 is 6.51. The summed E-state index contributed by atoms with van der Waals surface area (Å²) in [6.45, 7) is 4.71. The van der Waals surface area contributed by atoms with Crippen LogP contribution in [-0.4, -0.2) is 38.9 Å². The van der Waals surface area contributed by atoms with E-state index >= 15 is 0 Å². The predicted molar refractivity (Wildman–Crippen MR) is 94.0 cm³/mol. The Morgan fingerprint density at radius 3 is 2.69 bits per heavy atom. The number of aryl methyl sites for hydroxylation is 3. The van der Waals surface area contributed by atoms with Crippen LogP contribution in [0.1, 0.15) is 31.2 Å². The molecule has 140 valence electrons. The maximum absolute atomic E-state index is 12.4. The molecule has 10 heteroatoms. The van der Waals surface area contributed by atoms with Gasteiger partial charge in [-0.25, -0.2) is 4.68 Å². The van der Waals surface area contributed by atoms with E-state index in [-0.39, 0.29) is 22.4 Å². The Hall–Kier alpha value is -2.91. The van der Waals surface area contributed by atoms with Crippen LogP contribution in [-0.2, 0) is 18.3 Å². The molecule has 0 bridgehead atoms. The van der Waals surface area contributed by atoms with Gasteiger partial charge >= 0.3 is 5.69 Å². The fourth-order valence-electron chi connectivity index (χ4n) is 3.34. The first-order valence-electron chi connectivity index (χ1n) is 8.60. The molecule has 10 nitrogen and oxygen atoms in total. The third-order valence-corrected chi connectivity index (χ3v) is 4.62. The van der Waals surface area contributed by atoms with E-state index in [0.29, 0.717) is 55.4 Å². The number of aromatic nitrogens is 3. The lowest BCUT2D eigenvalue weighted by Gasteiger charge is -2.31. The largest absolute Gasteiger partial charge is 0.360 e. The van der Waals surface area contributed by atoms with Crippen LogP contribution in [0.15, 0.2) is 10.6 Å². The fraction of sp³-hybridized carbons (Fsp3) is 0.562. The molecule has 0 spiro atoms. The van der Waals surface area contributed by atoms with E-state index in [9.17, 15) is 14.9 Å². The Labute approximate surface area is 150 Å². The molecule has 1 aliphatic heterocycles. The summed E-state index contributed by atoms with van der Waals surface area (Å²) in [6, 6.07) is 1.66. The number of nitrogens with zero attached hydrogens (tertiary/aromatic N) is 5. The molecule has 1 N–H and O–H groups in total. The second-order valence-corrected chi connectivity index (χ2v) is 6.43. The number of anilines is 2. The maximum Gasteiger partial charge on any atom is 0.334 e. The van der Waals surface area contributed by atoms with E-state index in [2.05, 4.69) is 15.6 Å². The van der Waals surface area contributed by atoms with Crippen LogP contribution in [0, 0.1) is 23.0 Å². The molecule has 1 amide bonds. The van der Waals surface area contributed by atoms with Gasteiger partial charge in [0.1, 0.15) is 11.5 Å². The molecule has 0 radical (unpaired) electrons. The van der Waals surface area contributed by atoms with E-state index in [1.54, 1.807) is 24.7 Å². The summed E-state index contributed by atoms with van der Waals surface area (Å²) in [4.78, 5) is 25.4. The van der Waals surface area contributed by atoms with Gasteiger partial charge < -0.3 is 14.7 Å². The standard InChI is InChI=1S/C16H22N6O4/c1-4-12-14(22(24)25)16(20(3)18-12)21-7-5-11(6-8-21)15(23)17-13-9-10(2)26-19-13/h9,11H,4-8H2,1-3H3,(H,17,19,23). The number of nitro groups is 1. The third-order valence-electron chi connectivity index (χ3n) is 4.62. The summed E-state index contributed by atoms with van der Waals surface area (Å²) in [6.07, 6.45) is 1.71. The van der Waals surface area contributed by atoms with Crippen LogP contribution in [0.2, 0.25) is 0 Å². The molecule has 0 unspecified atom stereocenters. The first-order valence-corrected chi connectivity index (χ1v) is 8.60. The minimum atomic E-state index is -0.368. The third kappa shape index (κ3) is 3.39. The molecule has 0 saturated carbocycles. The normalized spacial score (nSPS) is 15.3. The molecular formula is C16H22N6O4. The van der Waals surface area contributed by atoms with Gasteiger partial charge in [0.05, 0.1) is 4.92 Å². The van der Waals surface area contributed by atoms with Crippen LogP contribution >= 0.6 is 0 Å². The summed E-state index contributed by atoms with van der Waals surface area (Å²) in [7, 11) is 1.72. The number of carbonyl (C=O) groups excluding carboxylic acids is 1. The number of hydrogen-bond acceptors (Lipinski definition) is 7. The lowest BCUT2D eigenvalue weighted by atomic mass is 9.96. The number of rotatable bonds is 5. The zero-order valence-corrected chi connectivity index (χ0v) is 15.1. The molecule has 26 heavy (non-hydrogen) atoms. The molecule has 0 atom stereocenters. The van der Waals surface area contributed by atoms with Crippen molar-refractivity contribution in [3.05, 3.63) is 27.6 Å². The highest BCUT2D eigenvalue weighted by molar-refractivity contribution is 5.91. The predicted octanol–water partition coefficient (Wildman–Crippen LogP) is 2.04. The highest BCUT2D eigenvalue weighted by atomic mass is 16.6. The van der Waals surface area contributed by atoms with Gasteiger partial charge in [0.25, 0.3) is 0 Å². The van der Waals surface area contributed by atoms with E-state index in [4.69, 9.17) is 4.52 Å². The molecule has 0 aromatic carbocycles. The number of piperidine rings is 1. The smallest absolute Gasteiger partial charge is 0.334 e. The minimum Gasteiger partial charge on any atom is -0.360 e. The Kier molecular flexibility index (Phi) is 4.92. The average molecular weight is 362 g/mol. The monoisotopic (exact) mass is 362 g/mol. The van der Waals surface area contributed by atoms with Crippen molar-refractivity contribution in [1.82, 2.24) is 14.9 Å². The van der Waals surface area contributed by atoms with Crippen LogP contribution in [0.25, 0.3) is 0 Å². The molecular weight excluding hydrogens is 340 g/mol. The topological polar surface area (TPSA) is 119 Å². The summed E-state index contributed by atoms with van der Waals surface area (Å²) >= 11 is 0. The number of amides is 1. The zero-order chi connectivity index (χ0) is 18.8. The van der Waals surface area contributed by atoms with E-state index in [1.165, 1.54) is 0 Å². The van der Waals surface area contributed by atoms with Gasteiger partial charge in [-0.3, -0.25) is 14.9 Å². The van der Waals surface area contributed by atoms with Gasteiger partial charge in [-0.15, -0.1) is 0 Å². The number of nitrogens with one attached hydrogen (secondary N) is 1. The van der Waals surface area contributed by atoms with Crippen molar-refractivity contribution in [2.75, 3.05) is 23.3 Å². The number of hydrogen-bond donors (Lipinski definition) is 1. The Balaban J connectivity index is 1.68. The molecule has 3 heterocycles. The maximum atomic E-state index is 12.4. The van der Waals surface area contributed by atoms with Gasteiger partial charge in [-0.2, -0.15) is 5.10 Å². The summed E-state index contributed by atoms with van der Waals surface area (Å²) in [5.74, 6) is 1.28. The zero-order valence-electron chi connectivity index (χ0n) is 15.1. The molecule has 1 saturated heterocycles. The Bertz CT molecular complexity index is 819. The molecule has 0 aliphatic carbocycles. The van der Waals surface area contributed by atoms with Crippen molar-refractivity contribution in [3.63, 3.8) is 0 Å². The second kappa shape index (κ2) is 7.14. The molecule has 1 fully saturated rings. The van der Waals surface area contributed by atoms with E-state index in [0.717, 1.165) is 0 Å². The fourth-order valence-corrected chi connectivity index (χ4v) is 3.34. The summed E-state index contributed by atoms with van der Waals surface area (Å²) in [5.41, 5.74) is 0.546. The summed E-state index contributed by atoms with van der Waals surface area (Å²) in [5, 5.41) is 22.3. The quantitative estimate of drug-likeness (QED) is 0.638. The van der Waals surface area contributed by atoms with Gasteiger partial charge in [0.2, 0.25) is 11.7 Å². The molecule has 2 aromatic rings.